The minimum absolute atomic E-state index is 0.309. The second kappa shape index (κ2) is 4.17. The van der Waals surface area contributed by atoms with Crippen molar-refractivity contribution in [3.8, 4) is 0 Å². The first kappa shape index (κ1) is 11.0. The predicted molar refractivity (Wildman–Crippen MR) is 57.5 cm³/mol. The number of aromatic amines is 1. The molecule has 1 amide bonds. The van der Waals surface area contributed by atoms with E-state index in [4.69, 9.17) is 16.7 Å². The molecule has 1 fully saturated rings. The van der Waals surface area contributed by atoms with Gasteiger partial charge in [-0.25, -0.2) is 4.79 Å². The van der Waals surface area contributed by atoms with Gasteiger partial charge < -0.3 is 15.0 Å². The van der Waals surface area contributed by atoms with Crippen LogP contribution in [0, 0.1) is 0 Å². The average molecular weight is 243 g/mol. The van der Waals surface area contributed by atoms with Gasteiger partial charge >= 0.3 is 5.97 Å². The summed E-state index contributed by atoms with van der Waals surface area (Å²) in [6, 6.07) is 0.788. The van der Waals surface area contributed by atoms with Crippen molar-refractivity contribution >= 4 is 23.5 Å². The van der Waals surface area contributed by atoms with Crippen LogP contribution < -0.4 is 0 Å². The molecule has 16 heavy (non-hydrogen) atoms. The number of aromatic nitrogens is 1. The summed E-state index contributed by atoms with van der Waals surface area (Å²) in [6.45, 7) is 0.479. The SMILES string of the molecule is O=C(O)[C@H]1CCCN1C(=O)c1cc(Cl)c[nH]1. The van der Waals surface area contributed by atoms with E-state index in [9.17, 15) is 9.59 Å². The first-order chi connectivity index (χ1) is 7.59. The minimum atomic E-state index is -0.955. The largest absolute Gasteiger partial charge is 0.480 e. The quantitative estimate of drug-likeness (QED) is 0.822. The van der Waals surface area contributed by atoms with Crippen LogP contribution in [0.25, 0.3) is 0 Å². The monoisotopic (exact) mass is 242 g/mol. The topological polar surface area (TPSA) is 73.4 Å². The number of H-pyrrole nitrogens is 1. The molecule has 0 radical (unpaired) electrons. The smallest absolute Gasteiger partial charge is 0.326 e. The number of likely N-dealkylation sites (tertiary alicyclic amines) is 1. The Morgan fingerprint density at radius 1 is 1.56 bits per heavy atom. The van der Waals surface area contributed by atoms with Crippen molar-refractivity contribution in [1.29, 1.82) is 0 Å². The fraction of sp³-hybridized carbons (Fsp3) is 0.400. The standard InChI is InChI=1S/C10H11ClN2O3/c11-6-4-7(12-5-6)9(14)13-3-1-2-8(13)10(15)16/h4-5,8,12H,1-3H2,(H,15,16)/t8-/m1/s1. The highest BCUT2D eigenvalue weighted by Crippen LogP contribution is 2.21. The van der Waals surface area contributed by atoms with Crippen LogP contribution in [0.2, 0.25) is 5.02 Å². The molecule has 1 atom stereocenters. The Bertz CT molecular complexity index is 429. The van der Waals surface area contributed by atoms with Crippen molar-refractivity contribution in [1.82, 2.24) is 9.88 Å². The van der Waals surface area contributed by atoms with Crippen molar-refractivity contribution in [2.45, 2.75) is 18.9 Å². The van der Waals surface area contributed by atoms with Crippen LogP contribution in [0.15, 0.2) is 12.3 Å². The van der Waals surface area contributed by atoms with Crippen LogP contribution in [0.5, 0.6) is 0 Å². The summed E-state index contributed by atoms with van der Waals surface area (Å²) in [7, 11) is 0. The molecule has 0 aliphatic carbocycles. The van der Waals surface area contributed by atoms with Gasteiger partial charge in [0.25, 0.3) is 5.91 Å². The number of halogens is 1. The first-order valence-corrected chi connectivity index (χ1v) is 5.35. The van der Waals surface area contributed by atoms with E-state index in [1.807, 2.05) is 0 Å². The van der Waals surface area contributed by atoms with E-state index in [0.29, 0.717) is 23.7 Å². The molecule has 2 N–H and O–H groups in total. The van der Waals surface area contributed by atoms with Crippen molar-refractivity contribution in [2.75, 3.05) is 6.54 Å². The third kappa shape index (κ3) is 1.90. The molecule has 0 unspecified atom stereocenters. The van der Waals surface area contributed by atoms with Crippen molar-refractivity contribution in [2.24, 2.45) is 0 Å². The van der Waals surface area contributed by atoms with Crippen LogP contribution in [0.3, 0.4) is 0 Å². The van der Waals surface area contributed by atoms with Gasteiger partial charge in [0.15, 0.2) is 0 Å². The molecule has 0 aromatic carbocycles. The van der Waals surface area contributed by atoms with Crippen LogP contribution in [0.4, 0.5) is 0 Å². The lowest BCUT2D eigenvalue weighted by Gasteiger charge is -2.20. The van der Waals surface area contributed by atoms with Gasteiger partial charge in [0, 0.05) is 12.7 Å². The number of rotatable bonds is 2. The molecule has 86 valence electrons. The number of carboxylic acids is 1. The molecule has 1 aromatic heterocycles. The molecule has 2 rings (SSSR count). The Labute approximate surface area is 97.0 Å². The van der Waals surface area contributed by atoms with E-state index in [-0.39, 0.29) is 5.91 Å². The fourth-order valence-corrected chi connectivity index (χ4v) is 2.08. The summed E-state index contributed by atoms with van der Waals surface area (Å²) in [6.07, 6.45) is 2.73. The molecule has 6 heteroatoms. The predicted octanol–water partition coefficient (Wildman–Crippen LogP) is 1.36. The summed E-state index contributed by atoms with van der Waals surface area (Å²) < 4.78 is 0. The molecular weight excluding hydrogens is 232 g/mol. The maximum atomic E-state index is 11.9. The summed E-state index contributed by atoms with van der Waals surface area (Å²) in [5.41, 5.74) is 0.332. The second-order valence-corrected chi connectivity index (χ2v) is 4.16. The number of nitrogens with zero attached hydrogens (tertiary/aromatic N) is 1. The fourth-order valence-electron chi connectivity index (χ4n) is 1.91. The molecule has 1 aliphatic rings. The highest BCUT2D eigenvalue weighted by Gasteiger charge is 2.34. The number of carboxylic acid groups (broad SMARTS) is 1. The van der Waals surface area contributed by atoms with Gasteiger partial charge in [-0.15, -0.1) is 0 Å². The van der Waals surface area contributed by atoms with Crippen LogP contribution in [-0.4, -0.2) is 39.5 Å². The Balaban J connectivity index is 2.18. The number of amides is 1. The van der Waals surface area contributed by atoms with Crippen molar-refractivity contribution < 1.29 is 14.7 Å². The van der Waals surface area contributed by atoms with Gasteiger partial charge in [-0.3, -0.25) is 4.79 Å². The van der Waals surface area contributed by atoms with E-state index in [1.165, 1.54) is 17.2 Å². The van der Waals surface area contributed by atoms with E-state index in [2.05, 4.69) is 4.98 Å². The minimum Gasteiger partial charge on any atom is -0.480 e. The highest BCUT2D eigenvalue weighted by molar-refractivity contribution is 6.31. The number of carbonyl (C=O) groups is 2. The van der Waals surface area contributed by atoms with Gasteiger partial charge in [-0.2, -0.15) is 0 Å². The van der Waals surface area contributed by atoms with E-state index >= 15 is 0 Å². The lowest BCUT2D eigenvalue weighted by atomic mass is 10.2. The Kier molecular flexibility index (Phi) is 2.87. The summed E-state index contributed by atoms with van der Waals surface area (Å²) in [5, 5.41) is 9.39. The zero-order chi connectivity index (χ0) is 11.7. The molecule has 0 saturated carbocycles. The van der Waals surface area contributed by atoms with Gasteiger partial charge in [0.2, 0.25) is 0 Å². The summed E-state index contributed by atoms with van der Waals surface area (Å²) in [4.78, 5) is 27.0. The average Bonchev–Trinajstić information content (AvgIpc) is 2.84. The molecule has 1 aliphatic heterocycles. The molecule has 1 saturated heterocycles. The molecule has 0 bridgehead atoms. The third-order valence-electron chi connectivity index (χ3n) is 2.68. The molecule has 0 spiro atoms. The molecular formula is C10H11ClN2O3. The maximum absolute atomic E-state index is 11.9. The first-order valence-electron chi connectivity index (χ1n) is 4.97. The van der Waals surface area contributed by atoms with E-state index in [0.717, 1.165) is 6.42 Å². The Morgan fingerprint density at radius 2 is 2.31 bits per heavy atom. The number of carbonyl (C=O) groups excluding carboxylic acids is 1. The van der Waals surface area contributed by atoms with E-state index in [1.54, 1.807) is 0 Å². The second-order valence-electron chi connectivity index (χ2n) is 3.73. The summed E-state index contributed by atoms with van der Waals surface area (Å²) >= 11 is 5.69. The molecule has 5 nitrogen and oxygen atoms in total. The Hall–Kier alpha value is -1.49. The Morgan fingerprint density at radius 3 is 2.88 bits per heavy atom. The van der Waals surface area contributed by atoms with Crippen LogP contribution in [0.1, 0.15) is 23.3 Å². The zero-order valence-electron chi connectivity index (χ0n) is 8.44. The summed E-state index contributed by atoms with van der Waals surface area (Å²) in [5.74, 6) is -1.26. The third-order valence-corrected chi connectivity index (χ3v) is 2.90. The zero-order valence-corrected chi connectivity index (χ0v) is 9.20. The number of hydrogen-bond donors (Lipinski definition) is 2. The maximum Gasteiger partial charge on any atom is 0.326 e. The molecule has 2 heterocycles. The highest BCUT2D eigenvalue weighted by atomic mass is 35.5. The van der Waals surface area contributed by atoms with Gasteiger partial charge in [-0.05, 0) is 18.9 Å². The molecule has 1 aromatic rings. The lowest BCUT2D eigenvalue weighted by Crippen LogP contribution is -2.40. The lowest BCUT2D eigenvalue weighted by molar-refractivity contribution is -0.141. The van der Waals surface area contributed by atoms with Crippen molar-refractivity contribution in [3.05, 3.63) is 23.0 Å². The van der Waals surface area contributed by atoms with Crippen molar-refractivity contribution in [3.63, 3.8) is 0 Å². The van der Waals surface area contributed by atoms with Crippen LogP contribution >= 0.6 is 11.6 Å². The van der Waals surface area contributed by atoms with Gasteiger partial charge in [-0.1, -0.05) is 11.6 Å². The van der Waals surface area contributed by atoms with Gasteiger partial charge in [0.05, 0.1) is 5.02 Å². The van der Waals surface area contributed by atoms with E-state index < -0.39 is 12.0 Å². The van der Waals surface area contributed by atoms with Crippen LogP contribution in [-0.2, 0) is 4.79 Å². The number of nitrogens with one attached hydrogen (secondary N) is 1. The number of aliphatic carboxylic acids is 1. The number of hydrogen-bond acceptors (Lipinski definition) is 2. The van der Waals surface area contributed by atoms with Gasteiger partial charge in [0.1, 0.15) is 11.7 Å². The normalized spacial score (nSPS) is 20.1.